The van der Waals surface area contributed by atoms with Gasteiger partial charge in [0.05, 0.1) is 20.1 Å². The SMILES string of the molecule is C=CC[N+](C)(CC)Cc1ccccc1.[Cl-]. The van der Waals surface area contributed by atoms with Crippen molar-refractivity contribution in [3.63, 3.8) is 0 Å². The molecule has 0 amide bonds. The molecule has 84 valence electrons. The Morgan fingerprint density at radius 1 is 1.27 bits per heavy atom. The molecule has 1 atom stereocenters. The number of nitrogens with zero attached hydrogens (tertiary/aromatic N) is 1. The van der Waals surface area contributed by atoms with Gasteiger partial charge < -0.3 is 16.9 Å². The lowest BCUT2D eigenvalue weighted by Crippen LogP contribution is -3.00. The van der Waals surface area contributed by atoms with Crippen molar-refractivity contribution in [2.45, 2.75) is 13.5 Å². The average Bonchev–Trinajstić information content (AvgIpc) is 2.20. The highest BCUT2D eigenvalue weighted by Gasteiger charge is 2.17. The van der Waals surface area contributed by atoms with Gasteiger partial charge >= 0.3 is 0 Å². The molecule has 0 fully saturated rings. The first-order chi connectivity index (χ1) is 6.70. The summed E-state index contributed by atoms with van der Waals surface area (Å²) in [5, 5.41) is 0. The number of benzene rings is 1. The van der Waals surface area contributed by atoms with E-state index in [0.717, 1.165) is 24.1 Å². The minimum absolute atomic E-state index is 0. The predicted octanol–water partition coefficient (Wildman–Crippen LogP) is -0.157. The van der Waals surface area contributed by atoms with Crippen LogP contribution in [-0.2, 0) is 6.54 Å². The van der Waals surface area contributed by atoms with Crippen molar-refractivity contribution in [3.05, 3.63) is 48.6 Å². The van der Waals surface area contributed by atoms with E-state index in [4.69, 9.17) is 0 Å². The van der Waals surface area contributed by atoms with Crippen molar-refractivity contribution in [3.8, 4) is 0 Å². The summed E-state index contributed by atoms with van der Waals surface area (Å²) in [5.74, 6) is 0. The van der Waals surface area contributed by atoms with Crippen LogP contribution in [0.1, 0.15) is 12.5 Å². The zero-order valence-corrected chi connectivity index (χ0v) is 10.4. The quantitative estimate of drug-likeness (QED) is 0.483. The van der Waals surface area contributed by atoms with Crippen molar-refractivity contribution in [1.29, 1.82) is 0 Å². The maximum Gasteiger partial charge on any atom is 0.104 e. The van der Waals surface area contributed by atoms with Crippen LogP contribution in [0.3, 0.4) is 0 Å². The average molecular weight is 226 g/mol. The molecule has 0 aliphatic carbocycles. The van der Waals surface area contributed by atoms with Crippen LogP contribution in [0.4, 0.5) is 0 Å². The van der Waals surface area contributed by atoms with Crippen molar-refractivity contribution in [2.24, 2.45) is 0 Å². The van der Waals surface area contributed by atoms with Crippen molar-refractivity contribution >= 4 is 0 Å². The molecule has 0 aromatic heterocycles. The van der Waals surface area contributed by atoms with Gasteiger partial charge in [-0.05, 0) is 13.0 Å². The van der Waals surface area contributed by atoms with Crippen LogP contribution in [0.5, 0.6) is 0 Å². The summed E-state index contributed by atoms with van der Waals surface area (Å²) in [7, 11) is 2.27. The second-order valence-electron chi connectivity index (χ2n) is 4.05. The van der Waals surface area contributed by atoms with Crippen molar-refractivity contribution in [2.75, 3.05) is 20.1 Å². The van der Waals surface area contributed by atoms with Gasteiger partial charge in [-0.3, -0.25) is 0 Å². The van der Waals surface area contributed by atoms with Gasteiger partial charge in [-0.15, -0.1) is 0 Å². The van der Waals surface area contributed by atoms with Gasteiger partial charge in [-0.25, -0.2) is 0 Å². The highest BCUT2D eigenvalue weighted by molar-refractivity contribution is 5.13. The Morgan fingerprint density at radius 3 is 2.33 bits per heavy atom. The predicted molar refractivity (Wildman–Crippen MR) is 61.9 cm³/mol. The zero-order chi connectivity index (χ0) is 10.4. The van der Waals surface area contributed by atoms with Crippen LogP contribution < -0.4 is 12.4 Å². The Morgan fingerprint density at radius 2 is 1.87 bits per heavy atom. The number of likely N-dealkylation sites (N-methyl/N-ethyl adjacent to an activating group) is 1. The standard InChI is InChI=1S/C13H20N.ClH/c1-4-11-14(3,5-2)12-13-9-7-6-8-10-13;/h4,6-10H,1,5,11-12H2,2-3H3;1H/q+1;/p-1. The van der Waals surface area contributed by atoms with Crippen LogP contribution in [0.2, 0.25) is 0 Å². The number of quaternary nitrogens is 1. The third kappa shape index (κ3) is 4.50. The molecule has 0 heterocycles. The summed E-state index contributed by atoms with van der Waals surface area (Å²) in [5.41, 5.74) is 1.40. The minimum atomic E-state index is 0. The fraction of sp³-hybridized carbons (Fsp3) is 0.385. The largest absolute Gasteiger partial charge is 1.00 e. The molecule has 1 nitrogen and oxygen atoms in total. The van der Waals surface area contributed by atoms with E-state index in [1.807, 2.05) is 6.08 Å². The topological polar surface area (TPSA) is 0 Å². The second kappa shape index (κ2) is 6.65. The Hall–Kier alpha value is -0.790. The Bertz CT molecular complexity index is 284. The molecule has 1 aromatic carbocycles. The molecule has 0 saturated carbocycles. The van der Waals surface area contributed by atoms with E-state index < -0.39 is 0 Å². The Kier molecular flexibility index (Phi) is 6.30. The monoisotopic (exact) mass is 225 g/mol. The molecule has 0 N–H and O–H groups in total. The molecule has 0 saturated heterocycles. The molecule has 1 unspecified atom stereocenters. The lowest BCUT2D eigenvalue weighted by molar-refractivity contribution is -0.915. The van der Waals surface area contributed by atoms with Crippen LogP contribution in [0.25, 0.3) is 0 Å². The lowest BCUT2D eigenvalue weighted by Gasteiger charge is -2.32. The molecule has 0 spiro atoms. The van der Waals surface area contributed by atoms with Gasteiger partial charge in [0.15, 0.2) is 0 Å². The molecular formula is C13H20ClN. The summed E-state index contributed by atoms with van der Waals surface area (Å²) in [4.78, 5) is 0. The first-order valence-corrected chi connectivity index (χ1v) is 5.18. The van der Waals surface area contributed by atoms with Gasteiger partial charge in [0.1, 0.15) is 6.54 Å². The maximum absolute atomic E-state index is 3.82. The van der Waals surface area contributed by atoms with Crippen molar-refractivity contribution < 1.29 is 16.9 Å². The molecule has 0 aliphatic heterocycles. The van der Waals surface area contributed by atoms with E-state index in [0.29, 0.717) is 0 Å². The molecule has 15 heavy (non-hydrogen) atoms. The molecular weight excluding hydrogens is 206 g/mol. The van der Waals surface area contributed by atoms with E-state index in [-0.39, 0.29) is 12.4 Å². The highest BCUT2D eigenvalue weighted by atomic mass is 35.5. The van der Waals surface area contributed by atoms with Gasteiger partial charge in [-0.1, -0.05) is 36.9 Å². The Labute approximate surface area is 99.4 Å². The summed E-state index contributed by atoms with van der Waals surface area (Å²) >= 11 is 0. The summed E-state index contributed by atoms with van der Waals surface area (Å²) in [6.07, 6.45) is 2.01. The molecule has 0 radical (unpaired) electrons. The number of hydrogen-bond acceptors (Lipinski definition) is 0. The first-order valence-electron chi connectivity index (χ1n) is 5.18. The smallest absolute Gasteiger partial charge is 0.104 e. The first kappa shape index (κ1) is 14.2. The van der Waals surface area contributed by atoms with E-state index in [1.54, 1.807) is 0 Å². The number of halogens is 1. The second-order valence-corrected chi connectivity index (χ2v) is 4.05. The van der Waals surface area contributed by atoms with E-state index >= 15 is 0 Å². The lowest BCUT2D eigenvalue weighted by atomic mass is 10.2. The number of hydrogen-bond donors (Lipinski definition) is 0. The Balaban J connectivity index is 0.00000196. The fourth-order valence-electron chi connectivity index (χ4n) is 1.64. The summed E-state index contributed by atoms with van der Waals surface area (Å²) < 4.78 is 1.04. The van der Waals surface area contributed by atoms with Gasteiger partial charge in [0, 0.05) is 5.56 Å². The normalized spacial score (nSPS) is 13.7. The molecule has 2 heteroatoms. The van der Waals surface area contributed by atoms with Gasteiger partial charge in [-0.2, -0.15) is 0 Å². The highest BCUT2D eigenvalue weighted by Crippen LogP contribution is 2.11. The minimum Gasteiger partial charge on any atom is -1.00 e. The summed E-state index contributed by atoms with van der Waals surface area (Å²) in [6, 6.07) is 10.6. The van der Waals surface area contributed by atoms with Crippen LogP contribution in [0.15, 0.2) is 43.0 Å². The third-order valence-electron chi connectivity index (χ3n) is 2.74. The summed E-state index contributed by atoms with van der Waals surface area (Å²) in [6.45, 7) is 9.31. The maximum atomic E-state index is 3.82. The van der Waals surface area contributed by atoms with Crippen LogP contribution in [-0.4, -0.2) is 24.6 Å². The van der Waals surface area contributed by atoms with Gasteiger partial charge in [0.25, 0.3) is 0 Å². The molecule has 1 rings (SSSR count). The van der Waals surface area contributed by atoms with Crippen LogP contribution in [0, 0.1) is 0 Å². The zero-order valence-electron chi connectivity index (χ0n) is 9.62. The molecule has 0 bridgehead atoms. The fourth-order valence-corrected chi connectivity index (χ4v) is 1.64. The van der Waals surface area contributed by atoms with Crippen LogP contribution >= 0.6 is 0 Å². The molecule has 0 aliphatic rings. The number of rotatable bonds is 5. The van der Waals surface area contributed by atoms with E-state index in [9.17, 15) is 0 Å². The van der Waals surface area contributed by atoms with Crippen molar-refractivity contribution in [1.82, 2.24) is 0 Å². The van der Waals surface area contributed by atoms with E-state index in [2.05, 4.69) is 50.9 Å². The van der Waals surface area contributed by atoms with E-state index in [1.165, 1.54) is 5.56 Å². The van der Waals surface area contributed by atoms with Gasteiger partial charge in [0.2, 0.25) is 0 Å². The third-order valence-corrected chi connectivity index (χ3v) is 2.74. The molecule has 1 aromatic rings.